The smallest absolute Gasteiger partial charge is 0.234 e. The van der Waals surface area contributed by atoms with Crippen LogP contribution in [0.3, 0.4) is 0 Å². The fourth-order valence-corrected chi connectivity index (χ4v) is 3.26. The second kappa shape index (κ2) is 5.54. The molecule has 21 heavy (non-hydrogen) atoms. The van der Waals surface area contributed by atoms with Gasteiger partial charge >= 0.3 is 0 Å². The Hall–Kier alpha value is -2.39. The molecule has 106 valence electrons. The third-order valence-corrected chi connectivity index (χ3v) is 4.32. The summed E-state index contributed by atoms with van der Waals surface area (Å²) in [5, 5.41) is 12.5. The number of pyridine rings is 1. The highest BCUT2D eigenvalue weighted by atomic mass is 32.2. The Kier molecular flexibility index (Phi) is 3.59. The highest BCUT2D eigenvalue weighted by molar-refractivity contribution is 8.00. The van der Waals surface area contributed by atoms with Crippen LogP contribution < -0.4 is 15.8 Å². The topological polar surface area (TPSA) is 84.0 Å². The number of benzene rings is 1. The van der Waals surface area contributed by atoms with Crippen LogP contribution in [0.25, 0.3) is 0 Å². The number of nitrogen functional groups attached to an aromatic ring is 1. The van der Waals surface area contributed by atoms with Gasteiger partial charge in [0.2, 0.25) is 5.88 Å². The molecule has 1 aromatic heterocycles. The first kappa shape index (κ1) is 13.6. The Bertz CT molecular complexity index is 701. The normalized spacial score (nSPS) is 15.9. The number of anilines is 2. The van der Waals surface area contributed by atoms with E-state index in [0.29, 0.717) is 23.7 Å². The molecule has 0 spiro atoms. The SMILES string of the molecule is CCOc1nc(C2Nc3ccccc3S2)cc(N)c1C#N. The highest BCUT2D eigenvalue weighted by Gasteiger charge is 2.25. The van der Waals surface area contributed by atoms with E-state index in [1.807, 2.05) is 31.2 Å². The van der Waals surface area contributed by atoms with Crippen molar-refractivity contribution in [3.63, 3.8) is 0 Å². The zero-order valence-electron chi connectivity index (χ0n) is 11.5. The number of nitrogens with one attached hydrogen (secondary N) is 1. The number of fused-ring (bicyclic) bond motifs is 1. The molecule has 6 heteroatoms. The number of aromatic nitrogens is 1. The van der Waals surface area contributed by atoms with Gasteiger partial charge in [-0.25, -0.2) is 4.98 Å². The van der Waals surface area contributed by atoms with Gasteiger partial charge in [0, 0.05) is 10.6 Å². The van der Waals surface area contributed by atoms with Gasteiger partial charge in [0.05, 0.1) is 18.0 Å². The average Bonchev–Trinajstić information content (AvgIpc) is 2.91. The molecule has 0 saturated heterocycles. The van der Waals surface area contributed by atoms with Crippen molar-refractivity contribution in [2.45, 2.75) is 17.2 Å². The van der Waals surface area contributed by atoms with Gasteiger partial charge in [-0.2, -0.15) is 5.26 Å². The lowest BCUT2D eigenvalue weighted by Crippen LogP contribution is -2.08. The van der Waals surface area contributed by atoms with Crippen LogP contribution in [0, 0.1) is 11.3 Å². The first-order valence-corrected chi connectivity index (χ1v) is 7.46. The minimum Gasteiger partial charge on any atom is -0.477 e. The maximum Gasteiger partial charge on any atom is 0.234 e. The van der Waals surface area contributed by atoms with Gasteiger partial charge in [0.1, 0.15) is 17.0 Å². The zero-order valence-corrected chi connectivity index (χ0v) is 12.3. The number of ether oxygens (including phenoxy) is 1. The van der Waals surface area contributed by atoms with E-state index in [-0.39, 0.29) is 5.37 Å². The van der Waals surface area contributed by atoms with Gasteiger partial charge in [-0.05, 0) is 25.1 Å². The van der Waals surface area contributed by atoms with E-state index in [1.54, 1.807) is 17.8 Å². The molecule has 1 unspecified atom stereocenters. The molecule has 1 aromatic carbocycles. The number of nitrogens with two attached hydrogens (primary N) is 1. The molecule has 5 nitrogen and oxygen atoms in total. The molecule has 1 aliphatic heterocycles. The number of rotatable bonds is 3. The second-order valence-corrected chi connectivity index (χ2v) is 5.65. The largest absolute Gasteiger partial charge is 0.477 e. The summed E-state index contributed by atoms with van der Waals surface area (Å²) in [6.07, 6.45) is 0. The average molecular weight is 298 g/mol. The minimum absolute atomic E-state index is 0.0309. The number of nitriles is 1. The van der Waals surface area contributed by atoms with Gasteiger partial charge in [0.25, 0.3) is 0 Å². The summed E-state index contributed by atoms with van der Waals surface area (Å²) in [5.41, 5.74) is 8.48. The number of para-hydroxylation sites is 1. The summed E-state index contributed by atoms with van der Waals surface area (Å²) in [6.45, 7) is 2.29. The molecule has 0 amide bonds. The van der Waals surface area contributed by atoms with Crippen molar-refractivity contribution < 1.29 is 4.74 Å². The fraction of sp³-hybridized carbons (Fsp3) is 0.200. The lowest BCUT2D eigenvalue weighted by Gasteiger charge is -2.14. The van der Waals surface area contributed by atoms with E-state index in [9.17, 15) is 0 Å². The Balaban J connectivity index is 1.96. The lowest BCUT2D eigenvalue weighted by molar-refractivity contribution is 0.325. The second-order valence-electron chi connectivity index (χ2n) is 4.50. The van der Waals surface area contributed by atoms with Crippen molar-refractivity contribution in [2.75, 3.05) is 17.7 Å². The molecule has 2 heterocycles. The molecule has 1 atom stereocenters. The summed E-state index contributed by atoms with van der Waals surface area (Å²) in [5.74, 6) is 0.299. The molecule has 3 rings (SSSR count). The number of nitrogens with zero attached hydrogens (tertiary/aromatic N) is 2. The zero-order chi connectivity index (χ0) is 14.8. The van der Waals surface area contributed by atoms with Crippen LogP contribution in [-0.2, 0) is 0 Å². The maximum absolute atomic E-state index is 9.15. The van der Waals surface area contributed by atoms with Crippen molar-refractivity contribution in [3.05, 3.63) is 41.6 Å². The van der Waals surface area contributed by atoms with E-state index in [1.165, 1.54) is 4.90 Å². The van der Waals surface area contributed by atoms with Gasteiger partial charge in [-0.15, -0.1) is 0 Å². The molecule has 0 bridgehead atoms. The van der Waals surface area contributed by atoms with Gasteiger partial charge in [-0.3, -0.25) is 0 Å². The molecule has 0 aliphatic carbocycles. The fourth-order valence-electron chi connectivity index (χ4n) is 2.17. The third kappa shape index (κ3) is 2.48. The van der Waals surface area contributed by atoms with Crippen LogP contribution in [-0.4, -0.2) is 11.6 Å². The first-order chi connectivity index (χ1) is 10.2. The van der Waals surface area contributed by atoms with Crippen LogP contribution in [0.15, 0.2) is 35.2 Å². The van der Waals surface area contributed by atoms with Gasteiger partial charge in [-0.1, -0.05) is 23.9 Å². The van der Waals surface area contributed by atoms with E-state index < -0.39 is 0 Å². The van der Waals surface area contributed by atoms with Crippen molar-refractivity contribution in [3.8, 4) is 11.9 Å². The van der Waals surface area contributed by atoms with Crippen molar-refractivity contribution in [2.24, 2.45) is 0 Å². The van der Waals surface area contributed by atoms with Crippen LogP contribution in [0.1, 0.15) is 23.6 Å². The summed E-state index contributed by atoms with van der Waals surface area (Å²) >= 11 is 1.67. The summed E-state index contributed by atoms with van der Waals surface area (Å²) in [7, 11) is 0. The molecule has 2 aromatic rings. The highest BCUT2D eigenvalue weighted by Crippen LogP contribution is 2.46. The summed E-state index contributed by atoms with van der Waals surface area (Å²) < 4.78 is 5.44. The first-order valence-electron chi connectivity index (χ1n) is 6.58. The number of thioether (sulfide) groups is 1. The predicted octanol–water partition coefficient (Wildman–Crippen LogP) is 3.15. The van der Waals surface area contributed by atoms with Crippen LogP contribution >= 0.6 is 11.8 Å². The minimum atomic E-state index is -0.0309. The van der Waals surface area contributed by atoms with E-state index in [2.05, 4.69) is 16.4 Å². The number of hydrogen-bond acceptors (Lipinski definition) is 6. The van der Waals surface area contributed by atoms with Gasteiger partial charge in [0.15, 0.2) is 0 Å². The molecule has 0 saturated carbocycles. The molecular formula is C15H14N4OS. The van der Waals surface area contributed by atoms with E-state index in [4.69, 9.17) is 15.7 Å². The van der Waals surface area contributed by atoms with E-state index in [0.717, 1.165) is 11.4 Å². The standard InChI is InChI=1S/C15H14N4OS/c1-2-20-14-9(8-16)10(17)7-12(18-14)15-19-11-5-3-4-6-13(11)21-15/h3-7,15,19H,2H2,1H3,(H2,17,18). The molecular weight excluding hydrogens is 284 g/mol. The monoisotopic (exact) mass is 298 g/mol. The number of hydrogen-bond donors (Lipinski definition) is 2. The third-order valence-electron chi connectivity index (χ3n) is 3.12. The lowest BCUT2D eigenvalue weighted by atomic mass is 10.2. The quantitative estimate of drug-likeness (QED) is 0.905. The Labute approximate surface area is 127 Å². The Morgan fingerprint density at radius 1 is 1.48 bits per heavy atom. The summed E-state index contributed by atoms with van der Waals surface area (Å²) in [6, 6.07) is 11.9. The van der Waals surface area contributed by atoms with Crippen molar-refractivity contribution in [1.29, 1.82) is 5.26 Å². The molecule has 0 fully saturated rings. The van der Waals surface area contributed by atoms with Crippen molar-refractivity contribution in [1.82, 2.24) is 4.98 Å². The predicted molar refractivity (Wildman–Crippen MR) is 83.2 cm³/mol. The van der Waals surface area contributed by atoms with Crippen molar-refractivity contribution >= 4 is 23.1 Å². The van der Waals surface area contributed by atoms with Crippen LogP contribution in [0.2, 0.25) is 0 Å². The molecule has 3 N–H and O–H groups in total. The molecule has 1 aliphatic rings. The summed E-state index contributed by atoms with van der Waals surface area (Å²) in [4.78, 5) is 5.62. The van der Waals surface area contributed by atoms with Gasteiger partial charge < -0.3 is 15.8 Å². The molecule has 0 radical (unpaired) electrons. The Morgan fingerprint density at radius 3 is 3.00 bits per heavy atom. The van der Waals surface area contributed by atoms with E-state index >= 15 is 0 Å². The van der Waals surface area contributed by atoms with Crippen LogP contribution in [0.5, 0.6) is 5.88 Å². The van der Waals surface area contributed by atoms with Crippen LogP contribution in [0.4, 0.5) is 11.4 Å². The maximum atomic E-state index is 9.15. The Morgan fingerprint density at radius 2 is 2.29 bits per heavy atom.